The SMILES string of the molecule is CCN(CC)CCn1c(NC(=O)c2ccc(COc3ccc(Cl)cc3Cl)o2)nc2ccccc21. The van der Waals surface area contributed by atoms with E-state index in [4.69, 9.17) is 32.4 Å². The number of likely N-dealkylation sites (N-methyl/N-ethyl adjacent to an activating group) is 1. The standard InChI is InChI=1S/C25H26Cl2N4O3/c1-3-30(4-2)13-14-31-21-8-6-5-7-20(21)28-25(31)29-24(32)23-12-10-18(34-23)16-33-22-11-9-17(26)15-19(22)27/h5-12,15H,3-4,13-14,16H2,1-2H3,(H,28,29,32). The molecule has 0 bridgehead atoms. The van der Waals surface area contributed by atoms with E-state index in [0.717, 1.165) is 30.7 Å². The third-order valence-corrected chi connectivity index (χ3v) is 6.09. The zero-order chi connectivity index (χ0) is 24.1. The monoisotopic (exact) mass is 500 g/mol. The first-order chi connectivity index (χ1) is 16.5. The molecule has 9 heteroatoms. The summed E-state index contributed by atoms with van der Waals surface area (Å²) in [6.07, 6.45) is 0. The fraction of sp³-hybridized carbons (Fsp3) is 0.280. The molecule has 0 saturated carbocycles. The summed E-state index contributed by atoms with van der Waals surface area (Å²) in [5, 5.41) is 3.83. The van der Waals surface area contributed by atoms with Gasteiger partial charge in [0.05, 0.1) is 16.1 Å². The van der Waals surface area contributed by atoms with E-state index in [2.05, 4.69) is 29.0 Å². The van der Waals surface area contributed by atoms with Crippen molar-refractivity contribution in [3.63, 3.8) is 0 Å². The number of aromatic nitrogens is 2. The minimum Gasteiger partial charge on any atom is -0.484 e. The molecule has 2 heterocycles. The number of fused-ring (bicyclic) bond motifs is 1. The number of benzene rings is 2. The Morgan fingerprint density at radius 2 is 1.91 bits per heavy atom. The minimum atomic E-state index is -0.379. The molecule has 0 unspecified atom stereocenters. The molecule has 1 amide bonds. The van der Waals surface area contributed by atoms with Crippen LogP contribution in [0.25, 0.3) is 11.0 Å². The topological polar surface area (TPSA) is 72.5 Å². The molecule has 0 saturated heterocycles. The van der Waals surface area contributed by atoms with Crippen LogP contribution in [0.1, 0.15) is 30.2 Å². The Bertz CT molecular complexity index is 1280. The molecule has 0 atom stereocenters. The average molecular weight is 501 g/mol. The van der Waals surface area contributed by atoms with Crippen molar-refractivity contribution in [3.8, 4) is 5.75 Å². The lowest BCUT2D eigenvalue weighted by Crippen LogP contribution is -2.27. The molecule has 0 aliphatic heterocycles. The number of amides is 1. The second kappa shape index (κ2) is 11.0. The van der Waals surface area contributed by atoms with Gasteiger partial charge in [-0.15, -0.1) is 0 Å². The lowest BCUT2D eigenvalue weighted by molar-refractivity contribution is 0.0991. The van der Waals surface area contributed by atoms with E-state index in [1.54, 1.807) is 30.3 Å². The highest BCUT2D eigenvalue weighted by Gasteiger charge is 2.18. The summed E-state index contributed by atoms with van der Waals surface area (Å²) in [4.78, 5) is 19.9. The van der Waals surface area contributed by atoms with Crippen LogP contribution in [0, 0.1) is 0 Å². The van der Waals surface area contributed by atoms with Crippen LogP contribution in [0.2, 0.25) is 10.0 Å². The highest BCUT2D eigenvalue weighted by Crippen LogP contribution is 2.28. The van der Waals surface area contributed by atoms with Crippen molar-refractivity contribution in [2.45, 2.75) is 27.0 Å². The summed E-state index contributed by atoms with van der Waals surface area (Å²) in [6.45, 7) is 7.88. The Hall–Kier alpha value is -3.00. The number of anilines is 1. The number of carbonyl (C=O) groups excluding carboxylic acids is 1. The Morgan fingerprint density at radius 1 is 1.12 bits per heavy atom. The summed E-state index contributed by atoms with van der Waals surface area (Å²) < 4.78 is 13.4. The zero-order valence-corrected chi connectivity index (χ0v) is 20.6. The van der Waals surface area contributed by atoms with Crippen molar-refractivity contribution in [2.75, 3.05) is 25.0 Å². The van der Waals surface area contributed by atoms with Crippen molar-refractivity contribution in [1.82, 2.24) is 14.5 Å². The zero-order valence-electron chi connectivity index (χ0n) is 19.1. The van der Waals surface area contributed by atoms with Crippen LogP contribution in [0.4, 0.5) is 5.95 Å². The summed E-state index contributed by atoms with van der Waals surface area (Å²) in [5.74, 6) is 1.25. The van der Waals surface area contributed by atoms with E-state index in [1.165, 1.54) is 0 Å². The number of rotatable bonds is 10. The van der Waals surface area contributed by atoms with Crippen LogP contribution >= 0.6 is 23.2 Å². The molecular formula is C25H26Cl2N4O3. The molecule has 0 spiro atoms. The van der Waals surface area contributed by atoms with Gasteiger partial charge in [0.25, 0.3) is 5.91 Å². The van der Waals surface area contributed by atoms with Gasteiger partial charge in [0.1, 0.15) is 18.1 Å². The van der Waals surface area contributed by atoms with Gasteiger partial charge < -0.3 is 18.6 Å². The van der Waals surface area contributed by atoms with Crippen molar-refractivity contribution >= 4 is 46.1 Å². The van der Waals surface area contributed by atoms with E-state index in [-0.39, 0.29) is 18.3 Å². The predicted octanol–water partition coefficient (Wildman–Crippen LogP) is 6.11. The first kappa shape index (κ1) is 24.1. The van der Waals surface area contributed by atoms with Crippen LogP contribution in [0.15, 0.2) is 59.0 Å². The van der Waals surface area contributed by atoms with E-state index >= 15 is 0 Å². The number of hydrogen-bond donors (Lipinski definition) is 1. The lowest BCUT2D eigenvalue weighted by atomic mass is 10.3. The van der Waals surface area contributed by atoms with Gasteiger partial charge >= 0.3 is 0 Å². The minimum absolute atomic E-state index is 0.122. The summed E-state index contributed by atoms with van der Waals surface area (Å²) in [6, 6.07) is 16.1. The molecule has 4 rings (SSSR count). The van der Waals surface area contributed by atoms with E-state index < -0.39 is 0 Å². The maximum atomic E-state index is 12.9. The number of ether oxygens (including phenoxy) is 1. The van der Waals surface area contributed by atoms with Gasteiger partial charge in [0.15, 0.2) is 5.76 Å². The summed E-state index contributed by atoms with van der Waals surface area (Å²) >= 11 is 12.1. The maximum Gasteiger partial charge on any atom is 0.293 e. The van der Waals surface area contributed by atoms with Gasteiger partial charge in [-0.05, 0) is 55.6 Å². The number of hydrogen-bond acceptors (Lipinski definition) is 5. The molecule has 178 valence electrons. The normalized spacial score (nSPS) is 11.3. The van der Waals surface area contributed by atoms with E-state index in [9.17, 15) is 4.79 Å². The van der Waals surface area contributed by atoms with Crippen molar-refractivity contribution in [3.05, 3.63) is 76.2 Å². The van der Waals surface area contributed by atoms with Crippen LogP contribution in [-0.4, -0.2) is 40.0 Å². The van der Waals surface area contributed by atoms with Crippen molar-refractivity contribution in [2.24, 2.45) is 0 Å². The number of nitrogens with one attached hydrogen (secondary N) is 1. The Morgan fingerprint density at radius 3 is 2.68 bits per heavy atom. The first-order valence-corrected chi connectivity index (χ1v) is 11.9. The van der Waals surface area contributed by atoms with Crippen LogP contribution in [0.3, 0.4) is 0 Å². The second-order valence-electron chi connectivity index (χ2n) is 7.69. The molecule has 1 N–H and O–H groups in total. The smallest absolute Gasteiger partial charge is 0.293 e. The Kier molecular flexibility index (Phi) is 7.77. The van der Waals surface area contributed by atoms with Crippen LogP contribution in [-0.2, 0) is 13.2 Å². The third-order valence-electron chi connectivity index (χ3n) is 5.56. The van der Waals surface area contributed by atoms with Gasteiger partial charge in [-0.3, -0.25) is 10.1 Å². The predicted molar refractivity (Wildman–Crippen MR) is 135 cm³/mol. The quantitative estimate of drug-likeness (QED) is 0.284. The lowest BCUT2D eigenvalue weighted by Gasteiger charge is -2.19. The summed E-state index contributed by atoms with van der Waals surface area (Å²) in [5.41, 5.74) is 1.80. The van der Waals surface area contributed by atoms with Gasteiger partial charge in [-0.25, -0.2) is 4.98 Å². The van der Waals surface area contributed by atoms with E-state index in [0.29, 0.717) is 34.0 Å². The van der Waals surface area contributed by atoms with Gasteiger partial charge in [0, 0.05) is 18.1 Å². The number of furan rings is 1. The fourth-order valence-corrected chi connectivity index (χ4v) is 4.12. The molecule has 0 fully saturated rings. The molecule has 34 heavy (non-hydrogen) atoms. The Balaban J connectivity index is 1.47. The van der Waals surface area contributed by atoms with Gasteiger partial charge in [0.2, 0.25) is 5.95 Å². The molecule has 0 aliphatic rings. The highest BCUT2D eigenvalue weighted by atomic mass is 35.5. The second-order valence-corrected chi connectivity index (χ2v) is 8.53. The van der Waals surface area contributed by atoms with Crippen LogP contribution in [0.5, 0.6) is 5.75 Å². The highest BCUT2D eigenvalue weighted by molar-refractivity contribution is 6.35. The molecule has 2 aromatic heterocycles. The molecule has 0 radical (unpaired) electrons. The van der Waals surface area contributed by atoms with Crippen molar-refractivity contribution < 1.29 is 13.9 Å². The molecule has 2 aromatic carbocycles. The number of imidazole rings is 1. The largest absolute Gasteiger partial charge is 0.484 e. The number of carbonyl (C=O) groups is 1. The molecular weight excluding hydrogens is 475 g/mol. The summed E-state index contributed by atoms with van der Waals surface area (Å²) in [7, 11) is 0. The van der Waals surface area contributed by atoms with Crippen LogP contribution < -0.4 is 10.1 Å². The molecule has 0 aliphatic carbocycles. The molecule has 4 aromatic rings. The average Bonchev–Trinajstić information content (AvgIpc) is 3.44. The maximum absolute atomic E-state index is 12.9. The first-order valence-electron chi connectivity index (χ1n) is 11.1. The fourth-order valence-electron chi connectivity index (χ4n) is 3.66. The Labute approximate surface area is 208 Å². The number of halogens is 2. The number of nitrogens with zero attached hydrogens (tertiary/aromatic N) is 3. The van der Waals surface area contributed by atoms with Crippen molar-refractivity contribution in [1.29, 1.82) is 0 Å². The van der Waals surface area contributed by atoms with Gasteiger partial charge in [-0.2, -0.15) is 0 Å². The van der Waals surface area contributed by atoms with Gasteiger partial charge in [-0.1, -0.05) is 49.2 Å². The van der Waals surface area contributed by atoms with E-state index in [1.807, 2.05) is 28.8 Å². The third kappa shape index (κ3) is 5.55. The number of para-hydroxylation sites is 2. The molecule has 7 nitrogen and oxygen atoms in total.